The van der Waals surface area contributed by atoms with E-state index in [-0.39, 0.29) is 0 Å². The number of hydrogen-bond donors (Lipinski definition) is 0. The third-order valence-corrected chi connectivity index (χ3v) is 7.48. The van der Waals surface area contributed by atoms with Crippen LogP contribution < -0.4 is 0 Å². The van der Waals surface area contributed by atoms with Gasteiger partial charge in [-0.3, -0.25) is 0 Å². The number of para-hydroxylation sites is 2. The van der Waals surface area contributed by atoms with Gasteiger partial charge in [-0.15, -0.1) is 0 Å². The predicted octanol–water partition coefficient (Wildman–Crippen LogP) is 9.59. The normalized spacial score (nSPS) is 11.4. The lowest BCUT2D eigenvalue weighted by molar-refractivity contribution is 0.669. The second kappa shape index (κ2) is 9.54. The molecule has 4 nitrogen and oxygen atoms in total. The third-order valence-electron chi connectivity index (χ3n) is 7.48. The number of benzene rings is 5. The van der Waals surface area contributed by atoms with E-state index in [9.17, 15) is 0 Å². The van der Waals surface area contributed by atoms with Crippen molar-refractivity contribution in [3.63, 3.8) is 0 Å². The fourth-order valence-corrected chi connectivity index (χ4v) is 5.52. The molecule has 0 aliphatic carbocycles. The summed E-state index contributed by atoms with van der Waals surface area (Å²) in [6, 6.07) is 47.2. The van der Waals surface area contributed by atoms with Crippen LogP contribution in [0.2, 0.25) is 0 Å². The zero-order valence-electron chi connectivity index (χ0n) is 22.0. The molecule has 4 heteroatoms. The van der Waals surface area contributed by atoms with E-state index in [0.29, 0.717) is 5.82 Å². The quantitative estimate of drug-likeness (QED) is 0.230. The molecule has 0 fully saturated rings. The molecule has 8 rings (SSSR count). The fourth-order valence-electron chi connectivity index (χ4n) is 5.52. The first-order valence-corrected chi connectivity index (χ1v) is 13.6. The molecule has 0 amide bonds. The first-order chi connectivity index (χ1) is 20.3. The van der Waals surface area contributed by atoms with Crippen molar-refractivity contribution < 1.29 is 4.42 Å². The summed E-state index contributed by atoms with van der Waals surface area (Å²) in [5.74, 6) is 0.691. The Balaban J connectivity index is 1.35. The molecule has 3 heterocycles. The van der Waals surface area contributed by atoms with Gasteiger partial charge in [0.05, 0.1) is 16.9 Å². The topological polar surface area (TPSA) is 51.8 Å². The second-order valence-electron chi connectivity index (χ2n) is 10.1. The Morgan fingerprint density at radius 1 is 0.439 bits per heavy atom. The van der Waals surface area contributed by atoms with Crippen LogP contribution in [-0.4, -0.2) is 15.0 Å². The number of rotatable bonds is 4. The summed E-state index contributed by atoms with van der Waals surface area (Å²) in [6.45, 7) is 0. The van der Waals surface area contributed by atoms with Gasteiger partial charge in [0.25, 0.3) is 0 Å². The fraction of sp³-hybridized carbons (Fsp3) is 0. The van der Waals surface area contributed by atoms with Gasteiger partial charge in [-0.2, -0.15) is 0 Å². The van der Waals surface area contributed by atoms with Crippen molar-refractivity contribution in [3.8, 4) is 45.2 Å². The van der Waals surface area contributed by atoms with E-state index >= 15 is 0 Å². The van der Waals surface area contributed by atoms with Crippen molar-refractivity contribution in [3.05, 3.63) is 140 Å². The van der Waals surface area contributed by atoms with E-state index in [1.165, 1.54) is 0 Å². The molecule has 192 valence electrons. The van der Waals surface area contributed by atoms with E-state index in [4.69, 9.17) is 19.4 Å². The Hall–Kier alpha value is -5.61. The van der Waals surface area contributed by atoms with Crippen molar-refractivity contribution in [1.29, 1.82) is 0 Å². The maximum atomic E-state index is 6.46. The van der Waals surface area contributed by atoms with Crippen molar-refractivity contribution >= 4 is 32.8 Å². The molecule has 8 aromatic rings. The number of furan rings is 1. The molecular formula is C37H23N3O. The number of pyridine rings is 1. The van der Waals surface area contributed by atoms with Gasteiger partial charge in [0.1, 0.15) is 11.3 Å². The summed E-state index contributed by atoms with van der Waals surface area (Å²) < 4.78 is 6.46. The zero-order chi connectivity index (χ0) is 27.2. The lowest BCUT2D eigenvalue weighted by Crippen LogP contribution is -1.96. The second-order valence-corrected chi connectivity index (χ2v) is 10.1. The molecule has 0 atom stereocenters. The molecule has 0 spiro atoms. The molecule has 41 heavy (non-hydrogen) atoms. The lowest BCUT2D eigenvalue weighted by Gasteiger charge is -2.11. The molecule has 0 aliphatic heterocycles. The Labute approximate surface area is 236 Å². The Morgan fingerprint density at radius 3 is 1.85 bits per heavy atom. The van der Waals surface area contributed by atoms with Crippen molar-refractivity contribution in [1.82, 2.24) is 15.0 Å². The van der Waals surface area contributed by atoms with Crippen LogP contribution in [0.25, 0.3) is 78.0 Å². The highest BCUT2D eigenvalue weighted by Crippen LogP contribution is 2.40. The van der Waals surface area contributed by atoms with Crippen LogP contribution in [0.4, 0.5) is 0 Å². The van der Waals surface area contributed by atoms with Gasteiger partial charge in [0.15, 0.2) is 11.4 Å². The average molecular weight is 526 g/mol. The van der Waals surface area contributed by atoms with Gasteiger partial charge >= 0.3 is 0 Å². The van der Waals surface area contributed by atoms with Crippen molar-refractivity contribution in [2.24, 2.45) is 0 Å². The summed E-state index contributed by atoms with van der Waals surface area (Å²) in [6.07, 6.45) is 0. The number of hydrogen-bond acceptors (Lipinski definition) is 4. The van der Waals surface area contributed by atoms with E-state index in [0.717, 1.165) is 72.2 Å². The number of aromatic nitrogens is 3. The largest absolute Gasteiger partial charge is 0.454 e. The van der Waals surface area contributed by atoms with Gasteiger partial charge in [-0.05, 0) is 24.3 Å². The maximum absolute atomic E-state index is 6.46. The SMILES string of the molecule is c1ccc(-c2cc(-c3cccc(-c4nc5ccccc5c5c4oc4ccccc45)c3)nc(-c3ccccc3)n2)cc1. The highest BCUT2D eigenvalue weighted by Gasteiger charge is 2.18. The smallest absolute Gasteiger partial charge is 0.162 e. The highest BCUT2D eigenvalue weighted by molar-refractivity contribution is 6.20. The molecule has 0 saturated heterocycles. The minimum atomic E-state index is 0.691. The Kier molecular flexibility index (Phi) is 5.42. The third kappa shape index (κ3) is 4.05. The summed E-state index contributed by atoms with van der Waals surface area (Å²) in [7, 11) is 0. The van der Waals surface area contributed by atoms with Gasteiger partial charge in [0, 0.05) is 38.4 Å². The van der Waals surface area contributed by atoms with Gasteiger partial charge in [0.2, 0.25) is 0 Å². The monoisotopic (exact) mass is 525 g/mol. The number of fused-ring (bicyclic) bond motifs is 5. The highest BCUT2D eigenvalue weighted by atomic mass is 16.3. The summed E-state index contributed by atoms with van der Waals surface area (Å²) >= 11 is 0. The minimum absolute atomic E-state index is 0.691. The minimum Gasteiger partial charge on any atom is -0.454 e. The molecular weight excluding hydrogens is 502 g/mol. The first kappa shape index (κ1) is 23.3. The van der Waals surface area contributed by atoms with Gasteiger partial charge in [-0.1, -0.05) is 115 Å². The summed E-state index contributed by atoms with van der Waals surface area (Å²) in [5, 5.41) is 3.27. The predicted molar refractivity (Wildman–Crippen MR) is 166 cm³/mol. The summed E-state index contributed by atoms with van der Waals surface area (Å²) in [4.78, 5) is 15.1. The van der Waals surface area contributed by atoms with E-state index in [1.807, 2.05) is 66.7 Å². The van der Waals surface area contributed by atoms with E-state index in [2.05, 4.69) is 72.8 Å². The van der Waals surface area contributed by atoms with Crippen molar-refractivity contribution in [2.45, 2.75) is 0 Å². The van der Waals surface area contributed by atoms with Crippen LogP contribution in [0.15, 0.2) is 144 Å². The zero-order valence-corrected chi connectivity index (χ0v) is 22.0. The van der Waals surface area contributed by atoms with Crippen LogP contribution in [-0.2, 0) is 0 Å². The van der Waals surface area contributed by atoms with Crippen LogP contribution in [0.5, 0.6) is 0 Å². The Bertz CT molecular complexity index is 2140. The molecule has 0 unspecified atom stereocenters. The Morgan fingerprint density at radius 2 is 1.05 bits per heavy atom. The molecule has 0 bridgehead atoms. The molecule has 5 aromatic carbocycles. The van der Waals surface area contributed by atoms with E-state index in [1.54, 1.807) is 0 Å². The first-order valence-electron chi connectivity index (χ1n) is 13.6. The molecule has 0 aliphatic rings. The number of nitrogens with zero attached hydrogens (tertiary/aromatic N) is 3. The summed E-state index contributed by atoms with van der Waals surface area (Å²) in [5.41, 5.74) is 9.10. The van der Waals surface area contributed by atoms with Gasteiger partial charge in [-0.25, -0.2) is 15.0 Å². The van der Waals surface area contributed by atoms with Crippen LogP contribution >= 0.6 is 0 Å². The molecule has 0 N–H and O–H groups in total. The van der Waals surface area contributed by atoms with E-state index < -0.39 is 0 Å². The maximum Gasteiger partial charge on any atom is 0.162 e. The molecule has 3 aromatic heterocycles. The standard InChI is InChI=1S/C37H23N3O/c1-3-12-24(13-4-1)31-23-32(40-37(39-31)25-14-5-2-6-15-25)26-16-11-17-27(22-26)35-36-34(28-18-7-9-20-30(28)38-35)29-19-8-10-21-33(29)41-36/h1-23H. The lowest BCUT2D eigenvalue weighted by atomic mass is 10.0. The van der Waals surface area contributed by atoms with Crippen LogP contribution in [0, 0.1) is 0 Å². The van der Waals surface area contributed by atoms with Gasteiger partial charge < -0.3 is 4.42 Å². The van der Waals surface area contributed by atoms with Crippen LogP contribution in [0.3, 0.4) is 0 Å². The van der Waals surface area contributed by atoms with Crippen molar-refractivity contribution in [2.75, 3.05) is 0 Å². The van der Waals surface area contributed by atoms with Crippen LogP contribution in [0.1, 0.15) is 0 Å². The molecule has 0 saturated carbocycles. The average Bonchev–Trinajstić information content (AvgIpc) is 3.45. The molecule has 0 radical (unpaired) electrons.